The van der Waals surface area contributed by atoms with Gasteiger partial charge >= 0.3 is 0 Å². The van der Waals surface area contributed by atoms with E-state index in [-0.39, 0.29) is 11.3 Å². The molecule has 2 aromatic heterocycles. The zero-order valence-corrected chi connectivity index (χ0v) is 13.2. The van der Waals surface area contributed by atoms with E-state index in [1.165, 1.54) is 11.3 Å². The summed E-state index contributed by atoms with van der Waals surface area (Å²) in [6, 6.07) is 13.8. The van der Waals surface area contributed by atoms with E-state index in [1.807, 2.05) is 47.8 Å². The Balaban J connectivity index is 1.53. The summed E-state index contributed by atoms with van der Waals surface area (Å²) in [5.74, 6) is 0.0410. The number of anilines is 1. The van der Waals surface area contributed by atoms with Crippen LogP contribution in [-0.2, 0) is 10.2 Å². The van der Waals surface area contributed by atoms with Crippen molar-refractivity contribution in [2.45, 2.75) is 18.3 Å². The lowest BCUT2D eigenvalue weighted by Crippen LogP contribution is -2.27. The summed E-state index contributed by atoms with van der Waals surface area (Å²) in [7, 11) is 0. The van der Waals surface area contributed by atoms with Gasteiger partial charge in [0.2, 0.25) is 5.91 Å². The van der Waals surface area contributed by atoms with Crippen molar-refractivity contribution in [3.63, 3.8) is 0 Å². The minimum atomic E-state index is -0.371. The molecule has 1 aromatic carbocycles. The van der Waals surface area contributed by atoms with Crippen LogP contribution in [0.3, 0.4) is 0 Å². The maximum Gasteiger partial charge on any atom is 0.236 e. The van der Waals surface area contributed by atoms with Crippen LogP contribution in [-0.4, -0.2) is 15.9 Å². The van der Waals surface area contributed by atoms with Gasteiger partial charge in [-0.2, -0.15) is 0 Å². The lowest BCUT2D eigenvalue weighted by molar-refractivity contribution is -0.118. The van der Waals surface area contributed by atoms with Gasteiger partial charge in [0.05, 0.1) is 11.1 Å². The highest BCUT2D eigenvalue weighted by Gasteiger charge is 2.51. The largest absolute Gasteiger partial charge is 0.301 e. The van der Waals surface area contributed by atoms with Gasteiger partial charge in [-0.1, -0.05) is 30.3 Å². The number of hydrogen-bond acceptors (Lipinski definition) is 4. The van der Waals surface area contributed by atoms with E-state index in [1.54, 1.807) is 12.4 Å². The van der Waals surface area contributed by atoms with E-state index in [0.29, 0.717) is 5.13 Å². The molecule has 5 heteroatoms. The molecule has 1 saturated carbocycles. The average Bonchev–Trinajstić information content (AvgIpc) is 3.30. The van der Waals surface area contributed by atoms with E-state index in [0.717, 1.165) is 29.7 Å². The van der Waals surface area contributed by atoms with Crippen molar-refractivity contribution in [1.82, 2.24) is 9.97 Å². The number of rotatable bonds is 4. The fourth-order valence-corrected chi connectivity index (χ4v) is 3.45. The first-order valence-electron chi connectivity index (χ1n) is 7.51. The zero-order valence-electron chi connectivity index (χ0n) is 12.4. The molecule has 4 rings (SSSR count). The third-order valence-corrected chi connectivity index (χ3v) is 4.97. The Labute approximate surface area is 138 Å². The number of pyridine rings is 1. The molecule has 0 bridgehead atoms. The van der Waals surface area contributed by atoms with Gasteiger partial charge in [-0.05, 0) is 30.5 Å². The molecular weight excluding hydrogens is 306 g/mol. The van der Waals surface area contributed by atoms with Crippen LogP contribution in [0.1, 0.15) is 18.4 Å². The van der Waals surface area contributed by atoms with Crippen LogP contribution in [0.15, 0.2) is 60.2 Å². The van der Waals surface area contributed by atoms with Crippen LogP contribution >= 0.6 is 11.3 Å². The van der Waals surface area contributed by atoms with E-state index >= 15 is 0 Å². The molecule has 0 saturated heterocycles. The molecule has 0 spiro atoms. The molecule has 1 aliphatic carbocycles. The summed E-state index contributed by atoms with van der Waals surface area (Å²) in [5.41, 5.74) is 2.57. The van der Waals surface area contributed by atoms with Crippen molar-refractivity contribution >= 4 is 22.4 Å². The number of thiazole rings is 1. The summed E-state index contributed by atoms with van der Waals surface area (Å²) in [6.45, 7) is 0. The molecule has 0 unspecified atom stereocenters. The molecule has 2 heterocycles. The molecule has 114 valence electrons. The monoisotopic (exact) mass is 321 g/mol. The Bertz CT molecular complexity index is 826. The fourth-order valence-electron chi connectivity index (χ4n) is 2.73. The minimum Gasteiger partial charge on any atom is -0.301 e. The number of carbonyl (C=O) groups excluding carboxylic acids is 1. The van der Waals surface area contributed by atoms with E-state index in [9.17, 15) is 4.79 Å². The first-order chi connectivity index (χ1) is 11.3. The molecule has 1 amide bonds. The number of nitrogens with one attached hydrogen (secondary N) is 1. The smallest absolute Gasteiger partial charge is 0.236 e. The van der Waals surface area contributed by atoms with Crippen LogP contribution in [0.2, 0.25) is 0 Å². The fraction of sp³-hybridized carbons (Fsp3) is 0.167. The van der Waals surface area contributed by atoms with Crippen molar-refractivity contribution < 1.29 is 4.79 Å². The van der Waals surface area contributed by atoms with Gasteiger partial charge in [0.1, 0.15) is 0 Å². The van der Waals surface area contributed by atoms with E-state index in [4.69, 9.17) is 0 Å². The third-order valence-electron chi connectivity index (χ3n) is 4.21. The quantitative estimate of drug-likeness (QED) is 0.793. The molecule has 4 nitrogen and oxygen atoms in total. The summed E-state index contributed by atoms with van der Waals surface area (Å²) in [6.07, 6.45) is 5.26. The van der Waals surface area contributed by atoms with Gasteiger partial charge < -0.3 is 5.32 Å². The van der Waals surface area contributed by atoms with Crippen molar-refractivity contribution in [2.75, 3.05) is 5.32 Å². The number of carbonyl (C=O) groups is 1. The Hall–Kier alpha value is -2.53. The first-order valence-corrected chi connectivity index (χ1v) is 8.39. The second-order valence-corrected chi connectivity index (χ2v) is 6.53. The van der Waals surface area contributed by atoms with Gasteiger partial charge in [-0.15, -0.1) is 11.3 Å². The van der Waals surface area contributed by atoms with Gasteiger partial charge in [0, 0.05) is 23.3 Å². The number of hydrogen-bond donors (Lipinski definition) is 1. The van der Waals surface area contributed by atoms with Gasteiger partial charge in [0.15, 0.2) is 5.13 Å². The SMILES string of the molecule is O=C(Nc1nc(-c2ccncc2)cs1)C1(c2ccccc2)CC1. The van der Waals surface area contributed by atoms with Crippen molar-refractivity contribution in [2.24, 2.45) is 0 Å². The van der Waals surface area contributed by atoms with E-state index in [2.05, 4.69) is 15.3 Å². The third kappa shape index (κ3) is 2.64. The second-order valence-electron chi connectivity index (χ2n) is 5.68. The van der Waals surface area contributed by atoms with Crippen molar-refractivity contribution in [3.05, 3.63) is 65.8 Å². The normalized spacial score (nSPS) is 15.1. The predicted molar refractivity (Wildman–Crippen MR) is 91.3 cm³/mol. The Morgan fingerprint density at radius 1 is 1.09 bits per heavy atom. The maximum absolute atomic E-state index is 12.7. The molecule has 1 fully saturated rings. The number of amides is 1. The van der Waals surface area contributed by atoms with Crippen LogP contribution in [0, 0.1) is 0 Å². The summed E-state index contributed by atoms with van der Waals surface area (Å²) < 4.78 is 0. The molecular formula is C18H15N3OS. The number of benzene rings is 1. The Kier molecular flexibility index (Phi) is 3.42. The molecule has 23 heavy (non-hydrogen) atoms. The molecule has 0 radical (unpaired) electrons. The lowest BCUT2D eigenvalue weighted by Gasteiger charge is -2.14. The minimum absolute atomic E-state index is 0.0410. The highest BCUT2D eigenvalue weighted by atomic mass is 32.1. The first kappa shape index (κ1) is 14.1. The topological polar surface area (TPSA) is 54.9 Å². The number of nitrogens with zero attached hydrogens (tertiary/aromatic N) is 2. The summed E-state index contributed by atoms with van der Waals surface area (Å²) in [5, 5.41) is 5.58. The molecule has 0 aliphatic heterocycles. The average molecular weight is 321 g/mol. The maximum atomic E-state index is 12.7. The zero-order chi connectivity index (χ0) is 15.7. The van der Waals surface area contributed by atoms with Gasteiger partial charge in [0.25, 0.3) is 0 Å². The van der Waals surface area contributed by atoms with Crippen LogP contribution < -0.4 is 5.32 Å². The molecule has 1 aliphatic rings. The summed E-state index contributed by atoms with van der Waals surface area (Å²) >= 11 is 1.45. The highest BCUT2D eigenvalue weighted by molar-refractivity contribution is 7.14. The van der Waals surface area contributed by atoms with Gasteiger partial charge in [-0.25, -0.2) is 4.98 Å². The van der Waals surface area contributed by atoms with Crippen molar-refractivity contribution in [3.8, 4) is 11.3 Å². The van der Waals surface area contributed by atoms with E-state index < -0.39 is 0 Å². The van der Waals surface area contributed by atoms with Crippen molar-refractivity contribution in [1.29, 1.82) is 0 Å². The van der Waals surface area contributed by atoms with Crippen LogP contribution in [0.5, 0.6) is 0 Å². The molecule has 3 aromatic rings. The Morgan fingerprint density at radius 3 is 2.52 bits per heavy atom. The highest BCUT2D eigenvalue weighted by Crippen LogP contribution is 2.49. The molecule has 0 atom stereocenters. The Morgan fingerprint density at radius 2 is 1.83 bits per heavy atom. The predicted octanol–water partition coefficient (Wildman–Crippen LogP) is 3.88. The second kappa shape index (κ2) is 5.59. The van der Waals surface area contributed by atoms with Gasteiger partial charge in [-0.3, -0.25) is 9.78 Å². The molecule has 1 N–H and O–H groups in total. The standard InChI is InChI=1S/C18H15N3OS/c22-16(18(8-9-18)14-4-2-1-3-5-14)21-17-20-15(12-23-17)13-6-10-19-11-7-13/h1-7,10-12H,8-9H2,(H,20,21,22). The summed E-state index contributed by atoms with van der Waals surface area (Å²) in [4.78, 5) is 21.2. The van der Waals surface area contributed by atoms with Crippen LogP contribution in [0.25, 0.3) is 11.3 Å². The van der Waals surface area contributed by atoms with Crippen LogP contribution in [0.4, 0.5) is 5.13 Å². The number of aromatic nitrogens is 2. The lowest BCUT2D eigenvalue weighted by atomic mass is 9.95.